The summed E-state index contributed by atoms with van der Waals surface area (Å²) in [6.45, 7) is 1.43. The van der Waals surface area contributed by atoms with Gasteiger partial charge in [0.2, 0.25) is 0 Å². The standard InChI is InChI=1S/C12H14FN3/c13-9-2-3-11-10(8-9)12(4-7-16-11)15-6-1-5-14/h2-4,7-8H,1,5-6,14H2,(H,15,16). The first kappa shape index (κ1) is 10.8. The van der Waals surface area contributed by atoms with E-state index in [2.05, 4.69) is 10.3 Å². The summed E-state index contributed by atoms with van der Waals surface area (Å²) in [5, 5.41) is 4.03. The Balaban J connectivity index is 2.32. The number of aromatic nitrogens is 1. The molecule has 0 radical (unpaired) electrons. The molecule has 0 saturated carbocycles. The van der Waals surface area contributed by atoms with Crippen LogP contribution in [0.3, 0.4) is 0 Å². The first-order valence-corrected chi connectivity index (χ1v) is 5.29. The van der Waals surface area contributed by atoms with Crippen molar-refractivity contribution in [2.45, 2.75) is 6.42 Å². The Morgan fingerprint density at radius 2 is 2.19 bits per heavy atom. The van der Waals surface area contributed by atoms with Gasteiger partial charge in [0.25, 0.3) is 0 Å². The summed E-state index contributed by atoms with van der Waals surface area (Å²) >= 11 is 0. The van der Waals surface area contributed by atoms with Gasteiger partial charge in [-0.3, -0.25) is 4.98 Å². The van der Waals surface area contributed by atoms with Crippen LogP contribution in [0.15, 0.2) is 30.5 Å². The van der Waals surface area contributed by atoms with E-state index in [1.165, 1.54) is 12.1 Å². The van der Waals surface area contributed by atoms with Crippen molar-refractivity contribution in [3.8, 4) is 0 Å². The molecular formula is C12H14FN3. The van der Waals surface area contributed by atoms with E-state index in [1.807, 2.05) is 6.07 Å². The highest BCUT2D eigenvalue weighted by molar-refractivity contribution is 5.90. The Labute approximate surface area is 93.5 Å². The molecule has 16 heavy (non-hydrogen) atoms. The maximum atomic E-state index is 13.1. The van der Waals surface area contributed by atoms with Gasteiger partial charge in [-0.15, -0.1) is 0 Å². The molecule has 3 nitrogen and oxygen atoms in total. The first-order chi connectivity index (χ1) is 7.81. The molecule has 0 amide bonds. The van der Waals surface area contributed by atoms with E-state index in [0.717, 1.165) is 29.6 Å². The fourth-order valence-electron chi connectivity index (χ4n) is 1.60. The first-order valence-electron chi connectivity index (χ1n) is 5.29. The van der Waals surface area contributed by atoms with Gasteiger partial charge in [-0.2, -0.15) is 0 Å². The van der Waals surface area contributed by atoms with Crippen molar-refractivity contribution in [2.24, 2.45) is 5.73 Å². The van der Waals surface area contributed by atoms with Crippen LogP contribution in [0.2, 0.25) is 0 Å². The van der Waals surface area contributed by atoms with Crippen molar-refractivity contribution < 1.29 is 4.39 Å². The van der Waals surface area contributed by atoms with Gasteiger partial charge in [-0.1, -0.05) is 0 Å². The van der Waals surface area contributed by atoms with E-state index < -0.39 is 0 Å². The second-order valence-electron chi connectivity index (χ2n) is 3.59. The maximum Gasteiger partial charge on any atom is 0.124 e. The molecule has 0 unspecified atom stereocenters. The summed E-state index contributed by atoms with van der Waals surface area (Å²) in [4.78, 5) is 4.18. The van der Waals surface area contributed by atoms with Gasteiger partial charge in [0, 0.05) is 23.8 Å². The van der Waals surface area contributed by atoms with Gasteiger partial charge in [0.05, 0.1) is 5.52 Å². The van der Waals surface area contributed by atoms with Crippen molar-refractivity contribution in [3.05, 3.63) is 36.3 Å². The molecule has 1 aromatic carbocycles. The van der Waals surface area contributed by atoms with Crippen molar-refractivity contribution in [3.63, 3.8) is 0 Å². The van der Waals surface area contributed by atoms with Crippen LogP contribution in [0, 0.1) is 5.82 Å². The molecule has 1 heterocycles. The van der Waals surface area contributed by atoms with Gasteiger partial charge in [-0.05, 0) is 37.2 Å². The molecule has 0 saturated heterocycles. The van der Waals surface area contributed by atoms with E-state index in [0.29, 0.717) is 6.54 Å². The third-order valence-electron chi connectivity index (χ3n) is 2.40. The number of hydrogen-bond acceptors (Lipinski definition) is 3. The van der Waals surface area contributed by atoms with E-state index in [9.17, 15) is 4.39 Å². The molecule has 0 atom stereocenters. The average molecular weight is 219 g/mol. The minimum Gasteiger partial charge on any atom is -0.384 e. The zero-order valence-electron chi connectivity index (χ0n) is 8.91. The molecule has 0 spiro atoms. The lowest BCUT2D eigenvalue weighted by molar-refractivity contribution is 0.629. The van der Waals surface area contributed by atoms with Crippen molar-refractivity contribution >= 4 is 16.6 Å². The fourth-order valence-corrected chi connectivity index (χ4v) is 1.60. The predicted octanol–water partition coefficient (Wildman–Crippen LogP) is 2.13. The highest BCUT2D eigenvalue weighted by Gasteiger charge is 2.02. The van der Waals surface area contributed by atoms with Gasteiger partial charge >= 0.3 is 0 Å². The van der Waals surface area contributed by atoms with Crippen LogP contribution in [-0.4, -0.2) is 18.1 Å². The molecule has 1 aromatic heterocycles. The van der Waals surface area contributed by atoms with Crippen LogP contribution < -0.4 is 11.1 Å². The smallest absolute Gasteiger partial charge is 0.124 e. The maximum absolute atomic E-state index is 13.1. The summed E-state index contributed by atoms with van der Waals surface area (Å²) in [6, 6.07) is 6.43. The normalized spacial score (nSPS) is 10.6. The Bertz CT molecular complexity index is 485. The molecule has 2 rings (SSSR count). The molecule has 0 fully saturated rings. The third kappa shape index (κ3) is 2.28. The molecule has 0 bridgehead atoms. The fraction of sp³-hybridized carbons (Fsp3) is 0.250. The molecule has 0 aliphatic rings. The van der Waals surface area contributed by atoms with Gasteiger partial charge in [0.15, 0.2) is 0 Å². The van der Waals surface area contributed by atoms with Crippen molar-refractivity contribution in [2.75, 3.05) is 18.4 Å². The number of hydrogen-bond donors (Lipinski definition) is 2. The Morgan fingerprint density at radius 3 is 3.00 bits per heavy atom. The third-order valence-corrected chi connectivity index (χ3v) is 2.40. The van der Waals surface area contributed by atoms with Crippen LogP contribution in [0.4, 0.5) is 10.1 Å². The quantitative estimate of drug-likeness (QED) is 0.774. The van der Waals surface area contributed by atoms with E-state index in [1.54, 1.807) is 12.3 Å². The van der Waals surface area contributed by atoms with Gasteiger partial charge < -0.3 is 11.1 Å². The minimum atomic E-state index is -0.248. The second kappa shape index (κ2) is 4.90. The highest BCUT2D eigenvalue weighted by Crippen LogP contribution is 2.22. The number of rotatable bonds is 4. The Hall–Kier alpha value is -1.68. The number of nitrogens with zero attached hydrogens (tertiary/aromatic N) is 1. The molecule has 4 heteroatoms. The lowest BCUT2D eigenvalue weighted by Gasteiger charge is -2.08. The predicted molar refractivity (Wildman–Crippen MR) is 63.9 cm³/mol. The van der Waals surface area contributed by atoms with Crippen molar-refractivity contribution in [1.82, 2.24) is 4.98 Å². The summed E-state index contributed by atoms with van der Waals surface area (Å²) < 4.78 is 13.1. The monoisotopic (exact) mass is 219 g/mol. The van der Waals surface area contributed by atoms with Crippen LogP contribution in [0.25, 0.3) is 10.9 Å². The second-order valence-corrected chi connectivity index (χ2v) is 3.59. The number of benzene rings is 1. The number of nitrogens with one attached hydrogen (secondary N) is 1. The number of pyridine rings is 1. The SMILES string of the molecule is NCCCNc1ccnc2ccc(F)cc12. The molecular weight excluding hydrogens is 205 g/mol. The largest absolute Gasteiger partial charge is 0.384 e. The molecule has 84 valence electrons. The van der Waals surface area contributed by atoms with Crippen LogP contribution in [-0.2, 0) is 0 Å². The van der Waals surface area contributed by atoms with Gasteiger partial charge in [-0.25, -0.2) is 4.39 Å². The summed E-state index contributed by atoms with van der Waals surface area (Å²) in [7, 11) is 0. The van der Waals surface area contributed by atoms with E-state index in [4.69, 9.17) is 5.73 Å². The number of halogens is 1. The zero-order chi connectivity index (χ0) is 11.4. The number of fused-ring (bicyclic) bond motifs is 1. The topological polar surface area (TPSA) is 50.9 Å². The van der Waals surface area contributed by atoms with Crippen LogP contribution >= 0.6 is 0 Å². The molecule has 2 aromatic rings. The Kier molecular flexibility index (Phi) is 3.31. The van der Waals surface area contributed by atoms with Crippen LogP contribution in [0.1, 0.15) is 6.42 Å². The number of anilines is 1. The summed E-state index contributed by atoms with van der Waals surface area (Å²) in [6.07, 6.45) is 2.60. The van der Waals surface area contributed by atoms with Gasteiger partial charge in [0.1, 0.15) is 5.82 Å². The highest BCUT2D eigenvalue weighted by atomic mass is 19.1. The molecule has 3 N–H and O–H groups in total. The number of nitrogens with two attached hydrogens (primary N) is 1. The lowest BCUT2D eigenvalue weighted by atomic mass is 10.2. The zero-order valence-corrected chi connectivity index (χ0v) is 8.91. The lowest BCUT2D eigenvalue weighted by Crippen LogP contribution is -2.08. The Morgan fingerprint density at radius 1 is 1.31 bits per heavy atom. The molecule has 0 aliphatic heterocycles. The molecule has 0 aliphatic carbocycles. The van der Waals surface area contributed by atoms with Crippen LogP contribution in [0.5, 0.6) is 0 Å². The van der Waals surface area contributed by atoms with Crippen molar-refractivity contribution in [1.29, 1.82) is 0 Å². The average Bonchev–Trinajstić information content (AvgIpc) is 2.30. The van der Waals surface area contributed by atoms with E-state index >= 15 is 0 Å². The minimum absolute atomic E-state index is 0.248. The summed E-state index contributed by atoms with van der Waals surface area (Å²) in [5.74, 6) is -0.248. The summed E-state index contributed by atoms with van der Waals surface area (Å²) in [5.41, 5.74) is 7.11. The van der Waals surface area contributed by atoms with E-state index in [-0.39, 0.29) is 5.82 Å².